The molecule has 0 amide bonds. The van der Waals surface area contributed by atoms with Gasteiger partial charge in [0.15, 0.2) is 0 Å². The van der Waals surface area contributed by atoms with E-state index in [1.807, 2.05) is 6.07 Å². The van der Waals surface area contributed by atoms with Crippen molar-refractivity contribution in [3.05, 3.63) is 71.8 Å². The van der Waals surface area contributed by atoms with Crippen LogP contribution in [-0.2, 0) is 0 Å². The molecule has 3 atom stereocenters. The summed E-state index contributed by atoms with van der Waals surface area (Å²) in [5.41, 5.74) is 2.57. The minimum absolute atomic E-state index is 0.0710. The summed E-state index contributed by atoms with van der Waals surface area (Å²) in [5, 5.41) is 10.1. The van der Waals surface area contributed by atoms with Gasteiger partial charge in [0.1, 0.15) is 0 Å². The molecule has 0 bridgehead atoms. The van der Waals surface area contributed by atoms with Gasteiger partial charge >= 0.3 is 0 Å². The third kappa shape index (κ3) is 3.08. The molecule has 2 aromatic rings. The largest absolute Gasteiger partial charge is 0.394 e. The van der Waals surface area contributed by atoms with Crippen LogP contribution < -0.4 is 0 Å². The number of rotatable bonds is 4. The molecule has 2 heteroatoms. The maximum atomic E-state index is 10.1. The van der Waals surface area contributed by atoms with Gasteiger partial charge in [-0.15, -0.1) is 0 Å². The molecule has 1 aliphatic rings. The first kappa shape index (κ1) is 15.3. The van der Waals surface area contributed by atoms with Crippen molar-refractivity contribution < 1.29 is 5.11 Å². The van der Waals surface area contributed by atoms with Crippen LogP contribution in [0.2, 0.25) is 0 Å². The van der Waals surface area contributed by atoms with Crippen molar-refractivity contribution in [2.45, 2.75) is 44.3 Å². The van der Waals surface area contributed by atoms with Crippen molar-refractivity contribution >= 4 is 0 Å². The van der Waals surface area contributed by atoms with Crippen LogP contribution in [0.25, 0.3) is 0 Å². The SMILES string of the molecule is CC1CCC[C@H](c2ccccc2)N1[C@H](CO)c1ccccc1. The normalized spacial score (nSPS) is 24.1. The van der Waals surface area contributed by atoms with Gasteiger partial charge in [0.25, 0.3) is 0 Å². The molecule has 2 nitrogen and oxygen atoms in total. The minimum Gasteiger partial charge on any atom is -0.394 e. The Hall–Kier alpha value is -1.64. The lowest BCUT2D eigenvalue weighted by atomic mass is 9.88. The smallest absolute Gasteiger partial charge is 0.0628 e. The third-order valence-electron chi connectivity index (χ3n) is 4.87. The summed E-state index contributed by atoms with van der Waals surface area (Å²) in [6.45, 7) is 2.46. The highest BCUT2D eigenvalue weighted by Crippen LogP contribution is 2.40. The molecule has 2 aromatic carbocycles. The molecule has 1 fully saturated rings. The second-order valence-corrected chi connectivity index (χ2v) is 6.26. The fraction of sp³-hybridized carbons (Fsp3) is 0.400. The van der Waals surface area contributed by atoms with Crippen LogP contribution in [0.5, 0.6) is 0 Å². The van der Waals surface area contributed by atoms with E-state index in [-0.39, 0.29) is 12.6 Å². The van der Waals surface area contributed by atoms with E-state index in [0.717, 1.165) is 6.42 Å². The number of aliphatic hydroxyl groups excluding tert-OH is 1. The van der Waals surface area contributed by atoms with E-state index in [9.17, 15) is 5.11 Å². The standard InChI is InChI=1S/C20H25NO/c1-16-9-8-14-19(17-10-4-2-5-11-17)21(16)20(15-22)18-12-6-3-7-13-18/h2-7,10-13,16,19-20,22H,8-9,14-15H2,1H3/t16?,19-,20-/m1/s1. The van der Waals surface area contributed by atoms with E-state index < -0.39 is 0 Å². The van der Waals surface area contributed by atoms with E-state index >= 15 is 0 Å². The van der Waals surface area contributed by atoms with Gasteiger partial charge in [-0.05, 0) is 30.9 Å². The van der Waals surface area contributed by atoms with Gasteiger partial charge in [-0.2, -0.15) is 0 Å². The first-order valence-electron chi connectivity index (χ1n) is 8.29. The Morgan fingerprint density at radius 1 is 1.00 bits per heavy atom. The van der Waals surface area contributed by atoms with Crippen LogP contribution in [0.15, 0.2) is 60.7 Å². The molecule has 0 aliphatic carbocycles. The van der Waals surface area contributed by atoms with Crippen molar-refractivity contribution in [1.29, 1.82) is 0 Å². The molecule has 0 saturated carbocycles. The maximum absolute atomic E-state index is 10.1. The highest BCUT2D eigenvalue weighted by Gasteiger charge is 2.34. The van der Waals surface area contributed by atoms with Crippen molar-refractivity contribution in [3.63, 3.8) is 0 Å². The summed E-state index contributed by atoms with van der Waals surface area (Å²) in [4.78, 5) is 2.52. The molecule has 1 saturated heterocycles. The van der Waals surface area contributed by atoms with Crippen molar-refractivity contribution in [1.82, 2.24) is 4.90 Å². The Bertz CT molecular complexity index is 527. The maximum Gasteiger partial charge on any atom is 0.0628 e. The lowest BCUT2D eigenvalue weighted by Gasteiger charge is -2.45. The molecular weight excluding hydrogens is 270 g/mol. The highest BCUT2D eigenvalue weighted by atomic mass is 16.3. The quantitative estimate of drug-likeness (QED) is 0.907. The first-order valence-corrected chi connectivity index (χ1v) is 8.29. The number of hydrogen-bond donors (Lipinski definition) is 1. The van der Waals surface area contributed by atoms with E-state index in [4.69, 9.17) is 0 Å². The average molecular weight is 295 g/mol. The van der Waals surface area contributed by atoms with Gasteiger partial charge in [-0.25, -0.2) is 0 Å². The number of likely N-dealkylation sites (tertiary alicyclic amines) is 1. The van der Waals surface area contributed by atoms with Gasteiger partial charge in [-0.3, -0.25) is 4.90 Å². The van der Waals surface area contributed by atoms with Crippen LogP contribution in [-0.4, -0.2) is 22.7 Å². The molecule has 1 aliphatic heterocycles. The zero-order valence-corrected chi connectivity index (χ0v) is 13.2. The van der Waals surface area contributed by atoms with Gasteiger partial charge in [0, 0.05) is 12.1 Å². The Kier molecular flexibility index (Phi) is 4.91. The molecule has 0 aromatic heterocycles. The Morgan fingerprint density at radius 2 is 1.64 bits per heavy atom. The van der Waals surface area contributed by atoms with Crippen LogP contribution in [0, 0.1) is 0 Å². The molecular formula is C20H25NO. The number of piperidine rings is 1. The third-order valence-corrected chi connectivity index (χ3v) is 4.87. The molecule has 0 spiro atoms. The molecule has 116 valence electrons. The zero-order valence-electron chi connectivity index (χ0n) is 13.2. The fourth-order valence-corrected chi connectivity index (χ4v) is 3.80. The molecule has 22 heavy (non-hydrogen) atoms. The second kappa shape index (κ2) is 7.08. The molecule has 0 radical (unpaired) electrons. The summed E-state index contributed by atoms with van der Waals surface area (Å²) in [6, 6.07) is 22.1. The van der Waals surface area contributed by atoms with Gasteiger partial charge in [0.2, 0.25) is 0 Å². The minimum atomic E-state index is 0.0710. The lowest BCUT2D eigenvalue weighted by Crippen LogP contribution is -2.43. The molecule has 1 heterocycles. The molecule has 3 rings (SSSR count). The van der Waals surface area contributed by atoms with E-state index in [0.29, 0.717) is 12.1 Å². The van der Waals surface area contributed by atoms with Crippen molar-refractivity contribution in [2.24, 2.45) is 0 Å². The van der Waals surface area contributed by atoms with Crippen LogP contribution in [0.4, 0.5) is 0 Å². The average Bonchev–Trinajstić information content (AvgIpc) is 2.59. The van der Waals surface area contributed by atoms with Crippen molar-refractivity contribution in [2.75, 3.05) is 6.61 Å². The predicted molar refractivity (Wildman–Crippen MR) is 90.6 cm³/mol. The monoisotopic (exact) mass is 295 g/mol. The zero-order chi connectivity index (χ0) is 15.4. The lowest BCUT2D eigenvalue weighted by molar-refractivity contribution is 0.0164. The summed E-state index contributed by atoms with van der Waals surface area (Å²) in [7, 11) is 0. The topological polar surface area (TPSA) is 23.5 Å². The Morgan fingerprint density at radius 3 is 2.27 bits per heavy atom. The Labute approximate surface area is 133 Å². The van der Waals surface area contributed by atoms with Crippen LogP contribution in [0.3, 0.4) is 0 Å². The predicted octanol–water partition coefficient (Wildman–Crippen LogP) is 4.34. The second-order valence-electron chi connectivity index (χ2n) is 6.26. The summed E-state index contributed by atoms with van der Waals surface area (Å²) < 4.78 is 0. The fourth-order valence-electron chi connectivity index (χ4n) is 3.80. The summed E-state index contributed by atoms with van der Waals surface area (Å²) >= 11 is 0. The van der Waals surface area contributed by atoms with E-state index in [2.05, 4.69) is 66.4 Å². The van der Waals surface area contributed by atoms with E-state index in [1.165, 1.54) is 24.0 Å². The van der Waals surface area contributed by atoms with Gasteiger partial charge in [0.05, 0.1) is 12.6 Å². The first-order chi connectivity index (χ1) is 10.8. The molecule has 1 N–H and O–H groups in total. The number of nitrogens with zero attached hydrogens (tertiary/aromatic N) is 1. The van der Waals surface area contributed by atoms with Crippen molar-refractivity contribution in [3.8, 4) is 0 Å². The molecule has 1 unspecified atom stereocenters. The van der Waals surface area contributed by atoms with E-state index in [1.54, 1.807) is 0 Å². The van der Waals surface area contributed by atoms with Gasteiger partial charge in [-0.1, -0.05) is 67.1 Å². The number of aliphatic hydroxyl groups is 1. The summed E-state index contributed by atoms with van der Waals surface area (Å²) in [5.74, 6) is 0. The summed E-state index contributed by atoms with van der Waals surface area (Å²) in [6.07, 6.45) is 3.62. The number of benzene rings is 2. The highest BCUT2D eigenvalue weighted by molar-refractivity contribution is 5.24. The van der Waals surface area contributed by atoms with Crippen LogP contribution in [0.1, 0.15) is 49.4 Å². The Balaban J connectivity index is 1.95. The van der Waals surface area contributed by atoms with Gasteiger partial charge < -0.3 is 5.11 Å². The number of hydrogen-bond acceptors (Lipinski definition) is 2. The van der Waals surface area contributed by atoms with Crippen LogP contribution >= 0.6 is 0 Å².